The lowest BCUT2D eigenvalue weighted by atomic mass is 10.1. The van der Waals surface area contributed by atoms with Crippen molar-refractivity contribution in [2.24, 2.45) is 5.92 Å². The smallest absolute Gasteiger partial charge is 0.265 e. The number of carbonyl (C=O) groups is 2. The van der Waals surface area contributed by atoms with Crippen LogP contribution in [-0.4, -0.2) is 38.3 Å². The van der Waals surface area contributed by atoms with Crippen molar-refractivity contribution in [3.05, 3.63) is 45.3 Å². The Labute approximate surface area is 171 Å². The number of rotatable bonds is 5. The van der Waals surface area contributed by atoms with Gasteiger partial charge >= 0.3 is 0 Å². The molecule has 1 aliphatic heterocycles. The van der Waals surface area contributed by atoms with Gasteiger partial charge in [-0.05, 0) is 29.7 Å². The second kappa shape index (κ2) is 8.28. The predicted molar refractivity (Wildman–Crippen MR) is 114 cm³/mol. The molecule has 1 N–H and O–H groups in total. The Bertz CT molecular complexity index is 919. The third-order valence-corrected chi connectivity index (χ3v) is 6.07. The number of amides is 2. The Kier molecular flexibility index (Phi) is 6.03. The van der Waals surface area contributed by atoms with Crippen molar-refractivity contribution in [2.75, 3.05) is 12.4 Å². The summed E-state index contributed by atoms with van der Waals surface area (Å²) in [5.41, 5.74) is 1.34. The van der Waals surface area contributed by atoms with Crippen LogP contribution in [0.2, 0.25) is 0 Å². The monoisotopic (exact) mass is 418 g/mol. The standard InChI is InChI=1S/C18H18N4O2S3/c1-10(2)8-14-20-21-17(27-14)19-15(23)12-6-4-11(5-7-12)9-13-16(24)22(3)18(25)26-13/h4-7,9-10H,8H2,1-3H3,(H,19,21,23)/b13-9+. The fraction of sp³-hybridized carbons (Fsp3) is 0.278. The summed E-state index contributed by atoms with van der Waals surface area (Å²) < 4.78 is 0.538. The van der Waals surface area contributed by atoms with Crippen LogP contribution in [0.3, 0.4) is 0 Å². The van der Waals surface area contributed by atoms with Crippen molar-refractivity contribution in [1.82, 2.24) is 15.1 Å². The minimum Gasteiger partial charge on any atom is -0.296 e. The molecule has 1 aliphatic rings. The zero-order valence-electron chi connectivity index (χ0n) is 15.1. The summed E-state index contributed by atoms with van der Waals surface area (Å²) in [5, 5.41) is 12.3. The largest absolute Gasteiger partial charge is 0.296 e. The lowest BCUT2D eigenvalue weighted by Gasteiger charge is -2.04. The number of nitrogens with one attached hydrogen (secondary N) is 1. The van der Waals surface area contributed by atoms with Crippen LogP contribution in [0, 0.1) is 5.92 Å². The topological polar surface area (TPSA) is 75.2 Å². The molecule has 0 spiro atoms. The van der Waals surface area contributed by atoms with Crippen LogP contribution >= 0.6 is 35.3 Å². The van der Waals surface area contributed by atoms with Gasteiger partial charge in [-0.3, -0.25) is 19.8 Å². The summed E-state index contributed by atoms with van der Waals surface area (Å²) in [5.74, 6) is 0.135. The Morgan fingerprint density at radius 3 is 2.59 bits per heavy atom. The first-order valence-corrected chi connectivity index (χ1v) is 10.3. The molecule has 2 heterocycles. The van der Waals surface area contributed by atoms with E-state index in [4.69, 9.17) is 12.2 Å². The fourth-order valence-electron chi connectivity index (χ4n) is 2.33. The second-order valence-corrected chi connectivity index (χ2v) is 9.15. The number of carbonyl (C=O) groups excluding carboxylic acids is 2. The summed E-state index contributed by atoms with van der Waals surface area (Å²) in [6.07, 6.45) is 2.61. The Morgan fingerprint density at radius 2 is 2.00 bits per heavy atom. The van der Waals surface area contributed by atoms with Gasteiger partial charge in [-0.1, -0.05) is 61.3 Å². The molecule has 2 aromatic rings. The van der Waals surface area contributed by atoms with E-state index in [1.54, 1.807) is 37.4 Å². The first-order valence-electron chi connectivity index (χ1n) is 8.29. The van der Waals surface area contributed by atoms with E-state index in [-0.39, 0.29) is 11.8 Å². The SMILES string of the molecule is CC(C)Cc1nnc(NC(=O)c2ccc(/C=C3/SC(=S)N(C)C3=O)cc2)s1. The minimum atomic E-state index is -0.242. The molecule has 0 aliphatic carbocycles. The van der Waals surface area contributed by atoms with Crippen molar-refractivity contribution >= 4 is 62.7 Å². The molecule has 6 nitrogen and oxygen atoms in total. The van der Waals surface area contributed by atoms with Gasteiger partial charge in [-0.25, -0.2) is 0 Å². The van der Waals surface area contributed by atoms with E-state index in [1.165, 1.54) is 28.0 Å². The van der Waals surface area contributed by atoms with Gasteiger partial charge in [0.05, 0.1) is 4.91 Å². The molecular weight excluding hydrogens is 400 g/mol. The van der Waals surface area contributed by atoms with Crippen LogP contribution in [0.15, 0.2) is 29.2 Å². The summed E-state index contributed by atoms with van der Waals surface area (Å²) in [6, 6.07) is 7.01. The lowest BCUT2D eigenvalue weighted by molar-refractivity contribution is -0.121. The highest BCUT2D eigenvalue weighted by molar-refractivity contribution is 8.26. The van der Waals surface area contributed by atoms with Crippen LogP contribution in [-0.2, 0) is 11.2 Å². The summed E-state index contributed by atoms with van der Waals surface area (Å²) in [4.78, 5) is 26.4. The predicted octanol–water partition coefficient (Wildman–Crippen LogP) is 3.82. The number of anilines is 1. The average Bonchev–Trinajstić information content (AvgIpc) is 3.15. The lowest BCUT2D eigenvalue weighted by Crippen LogP contribution is -2.22. The maximum Gasteiger partial charge on any atom is 0.265 e. The minimum absolute atomic E-state index is 0.111. The maximum atomic E-state index is 12.4. The van der Waals surface area contributed by atoms with Gasteiger partial charge in [0.1, 0.15) is 9.33 Å². The third kappa shape index (κ3) is 4.79. The molecule has 140 valence electrons. The highest BCUT2D eigenvalue weighted by atomic mass is 32.2. The van der Waals surface area contributed by atoms with Gasteiger partial charge in [0, 0.05) is 19.0 Å². The van der Waals surface area contributed by atoms with Gasteiger partial charge in [-0.15, -0.1) is 10.2 Å². The molecule has 0 atom stereocenters. The van der Waals surface area contributed by atoms with Crippen LogP contribution < -0.4 is 5.32 Å². The Hall–Kier alpha value is -2.10. The molecule has 1 saturated heterocycles. The molecular formula is C18H18N4O2S3. The van der Waals surface area contributed by atoms with Crippen LogP contribution in [0.25, 0.3) is 6.08 Å². The quantitative estimate of drug-likeness (QED) is 0.588. The first kappa shape index (κ1) is 19.7. The molecule has 0 saturated carbocycles. The summed E-state index contributed by atoms with van der Waals surface area (Å²) in [7, 11) is 1.66. The van der Waals surface area contributed by atoms with E-state index in [0.29, 0.717) is 25.8 Å². The van der Waals surface area contributed by atoms with E-state index in [2.05, 4.69) is 29.4 Å². The van der Waals surface area contributed by atoms with E-state index in [0.717, 1.165) is 17.0 Å². The third-order valence-electron chi connectivity index (χ3n) is 3.73. The maximum absolute atomic E-state index is 12.4. The number of nitrogens with zero attached hydrogens (tertiary/aromatic N) is 3. The number of aromatic nitrogens is 2. The zero-order valence-corrected chi connectivity index (χ0v) is 17.5. The first-order chi connectivity index (χ1) is 12.8. The van der Waals surface area contributed by atoms with Gasteiger partial charge < -0.3 is 0 Å². The van der Waals surface area contributed by atoms with Gasteiger partial charge in [0.15, 0.2) is 0 Å². The summed E-state index contributed by atoms with van der Waals surface area (Å²) >= 11 is 7.78. The second-order valence-electron chi connectivity index (χ2n) is 6.42. The van der Waals surface area contributed by atoms with Gasteiger partial charge in [0.2, 0.25) is 5.13 Å². The number of hydrogen-bond acceptors (Lipinski definition) is 7. The van der Waals surface area contributed by atoms with Crippen molar-refractivity contribution in [3.63, 3.8) is 0 Å². The Balaban J connectivity index is 1.66. The Morgan fingerprint density at radius 1 is 1.30 bits per heavy atom. The number of likely N-dealkylation sites (N-methyl/N-ethyl adjacent to an activating group) is 1. The summed E-state index contributed by atoms with van der Waals surface area (Å²) in [6.45, 7) is 4.22. The molecule has 0 bridgehead atoms. The van der Waals surface area contributed by atoms with E-state index in [9.17, 15) is 9.59 Å². The zero-order chi connectivity index (χ0) is 19.6. The van der Waals surface area contributed by atoms with Crippen molar-refractivity contribution in [3.8, 4) is 0 Å². The van der Waals surface area contributed by atoms with Gasteiger partial charge in [0.25, 0.3) is 11.8 Å². The fourth-order valence-corrected chi connectivity index (χ4v) is 4.46. The van der Waals surface area contributed by atoms with Crippen LogP contribution in [0.5, 0.6) is 0 Å². The van der Waals surface area contributed by atoms with Crippen molar-refractivity contribution in [2.45, 2.75) is 20.3 Å². The van der Waals surface area contributed by atoms with E-state index in [1.807, 2.05) is 0 Å². The van der Waals surface area contributed by atoms with Crippen molar-refractivity contribution in [1.29, 1.82) is 0 Å². The number of thioether (sulfide) groups is 1. The number of thiocarbonyl (C=S) groups is 1. The van der Waals surface area contributed by atoms with Crippen molar-refractivity contribution < 1.29 is 9.59 Å². The molecule has 1 fully saturated rings. The average molecular weight is 419 g/mol. The van der Waals surface area contributed by atoms with Crippen LogP contribution in [0.1, 0.15) is 34.8 Å². The highest BCUT2D eigenvalue weighted by Crippen LogP contribution is 2.31. The molecule has 3 rings (SSSR count). The van der Waals surface area contributed by atoms with E-state index < -0.39 is 0 Å². The molecule has 2 amide bonds. The molecule has 1 aromatic carbocycles. The number of hydrogen-bond donors (Lipinski definition) is 1. The van der Waals surface area contributed by atoms with E-state index >= 15 is 0 Å². The van der Waals surface area contributed by atoms with Gasteiger partial charge in [-0.2, -0.15) is 0 Å². The number of benzene rings is 1. The molecule has 0 unspecified atom stereocenters. The van der Waals surface area contributed by atoms with Crippen LogP contribution in [0.4, 0.5) is 5.13 Å². The normalized spacial score (nSPS) is 15.9. The molecule has 9 heteroatoms. The molecule has 1 aromatic heterocycles. The molecule has 0 radical (unpaired) electrons. The highest BCUT2D eigenvalue weighted by Gasteiger charge is 2.28. The molecule has 27 heavy (non-hydrogen) atoms.